The Bertz CT molecular complexity index is 1190. The van der Waals surface area contributed by atoms with Crippen LogP contribution in [0.25, 0.3) is 32.1 Å². The van der Waals surface area contributed by atoms with Crippen molar-refractivity contribution in [2.24, 2.45) is 0 Å². The van der Waals surface area contributed by atoms with E-state index in [1.54, 1.807) is 12.1 Å². The predicted octanol–water partition coefficient (Wildman–Crippen LogP) is 4.84. The fourth-order valence-corrected chi connectivity index (χ4v) is 4.47. The predicted molar refractivity (Wildman–Crippen MR) is 120 cm³/mol. The van der Waals surface area contributed by atoms with Gasteiger partial charge in [0.15, 0.2) is 0 Å². The van der Waals surface area contributed by atoms with Crippen molar-refractivity contribution in [3.05, 3.63) is 58.2 Å². The zero-order valence-electron chi connectivity index (χ0n) is 16.6. The lowest BCUT2D eigenvalue weighted by atomic mass is 9.97. The summed E-state index contributed by atoms with van der Waals surface area (Å²) in [5, 5.41) is 14.2. The van der Waals surface area contributed by atoms with Gasteiger partial charge in [-0.3, -0.25) is 4.79 Å². The van der Waals surface area contributed by atoms with Crippen molar-refractivity contribution in [1.82, 2.24) is 9.88 Å². The number of nitrogens with one attached hydrogen (secondary N) is 1. The number of hydrogen-bond acceptors (Lipinski definition) is 5. The molecule has 2 heterocycles. The lowest BCUT2D eigenvalue weighted by molar-refractivity contribution is 0.223. The highest BCUT2D eigenvalue weighted by Gasteiger charge is 2.15. The van der Waals surface area contributed by atoms with E-state index in [0.717, 1.165) is 47.3 Å². The molecule has 0 fully saturated rings. The molecule has 4 aromatic rings. The minimum absolute atomic E-state index is 0.101. The Morgan fingerprint density at radius 3 is 2.55 bits per heavy atom. The Labute approximate surface area is 173 Å². The van der Waals surface area contributed by atoms with Gasteiger partial charge in [-0.25, -0.2) is 0 Å². The highest BCUT2D eigenvalue weighted by Crippen LogP contribution is 2.39. The number of nitrogens with zero attached hydrogens (tertiary/aromatic N) is 1. The van der Waals surface area contributed by atoms with Gasteiger partial charge >= 0.3 is 0 Å². The Kier molecular flexibility index (Phi) is 5.56. The molecule has 0 amide bonds. The minimum Gasteiger partial charge on any atom is -0.507 e. The van der Waals surface area contributed by atoms with E-state index < -0.39 is 0 Å². The van der Waals surface area contributed by atoms with Crippen LogP contribution in [0.5, 0.6) is 11.5 Å². The van der Waals surface area contributed by atoms with Gasteiger partial charge in [0.2, 0.25) is 0 Å². The molecule has 150 valence electrons. The van der Waals surface area contributed by atoms with Gasteiger partial charge in [-0.2, -0.15) is 0 Å². The fourth-order valence-electron chi connectivity index (χ4n) is 3.68. The first-order valence-electron chi connectivity index (χ1n) is 9.83. The van der Waals surface area contributed by atoms with Crippen molar-refractivity contribution >= 4 is 32.3 Å². The van der Waals surface area contributed by atoms with Crippen molar-refractivity contribution < 1.29 is 9.84 Å². The maximum absolute atomic E-state index is 12.3. The Balaban J connectivity index is 1.69. The summed E-state index contributed by atoms with van der Waals surface area (Å²) >= 11 is 1.41. The number of aromatic nitrogens is 1. The van der Waals surface area contributed by atoms with Crippen LogP contribution in [0.4, 0.5) is 0 Å². The molecule has 2 N–H and O–H groups in total. The topological polar surface area (TPSA) is 65.6 Å². The normalized spacial score (nSPS) is 11.6. The molecule has 6 heteroatoms. The summed E-state index contributed by atoms with van der Waals surface area (Å²) in [6, 6.07) is 13.1. The van der Waals surface area contributed by atoms with Crippen LogP contribution in [0.3, 0.4) is 0 Å². The lowest BCUT2D eigenvalue weighted by Crippen LogP contribution is -2.27. The first-order valence-corrected chi connectivity index (χ1v) is 10.7. The molecule has 0 saturated carbocycles. The molecule has 0 radical (unpaired) electrons. The van der Waals surface area contributed by atoms with Crippen LogP contribution in [0.2, 0.25) is 0 Å². The number of rotatable bonds is 7. The summed E-state index contributed by atoms with van der Waals surface area (Å²) in [5.74, 6) is 0.988. The Morgan fingerprint density at radius 1 is 1.07 bits per heavy atom. The van der Waals surface area contributed by atoms with Crippen LogP contribution in [0, 0.1) is 0 Å². The third-order valence-electron chi connectivity index (χ3n) is 5.29. The van der Waals surface area contributed by atoms with Crippen molar-refractivity contribution in [2.45, 2.75) is 13.8 Å². The molecule has 0 spiro atoms. The smallest absolute Gasteiger partial charge is 0.266 e. The Hall–Kier alpha value is -2.83. The molecule has 5 nitrogen and oxygen atoms in total. The van der Waals surface area contributed by atoms with Gasteiger partial charge in [-0.1, -0.05) is 26.0 Å². The third-order valence-corrected chi connectivity index (χ3v) is 6.20. The molecule has 2 aromatic carbocycles. The molecule has 2 aromatic heterocycles. The number of thiophene rings is 1. The monoisotopic (exact) mass is 408 g/mol. The highest BCUT2D eigenvalue weighted by atomic mass is 32.1. The van der Waals surface area contributed by atoms with Crippen LogP contribution in [0.15, 0.2) is 52.6 Å². The summed E-state index contributed by atoms with van der Waals surface area (Å²) in [6.45, 7) is 7.84. The zero-order chi connectivity index (χ0) is 20.4. The molecule has 0 bridgehead atoms. The van der Waals surface area contributed by atoms with Crippen molar-refractivity contribution in [1.29, 1.82) is 0 Å². The van der Waals surface area contributed by atoms with Crippen LogP contribution >= 0.6 is 11.3 Å². The molecule has 4 rings (SSSR count). The Morgan fingerprint density at radius 2 is 1.83 bits per heavy atom. The van der Waals surface area contributed by atoms with Gasteiger partial charge < -0.3 is 19.7 Å². The van der Waals surface area contributed by atoms with Crippen LogP contribution in [-0.4, -0.2) is 41.2 Å². The molecule has 0 atom stereocenters. The number of phenols is 1. The summed E-state index contributed by atoms with van der Waals surface area (Å²) in [7, 11) is 0. The number of ether oxygens (including phenoxy) is 1. The fraction of sp³-hybridized carbons (Fsp3) is 0.261. The average molecular weight is 409 g/mol. The van der Waals surface area contributed by atoms with E-state index in [0.29, 0.717) is 16.8 Å². The second-order valence-electron chi connectivity index (χ2n) is 6.90. The number of pyridine rings is 1. The minimum atomic E-state index is -0.101. The van der Waals surface area contributed by atoms with Gasteiger partial charge in [-0.15, -0.1) is 11.3 Å². The zero-order valence-corrected chi connectivity index (χ0v) is 17.4. The van der Waals surface area contributed by atoms with Crippen LogP contribution in [0.1, 0.15) is 13.8 Å². The first-order chi connectivity index (χ1) is 14.1. The molecule has 29 heavy (non-hydrogen) atoms. The number of hydrogen-bond donors (Lipinski definition) is 2. The van der Waals surface area contributed by atoms with E-state index in [2.05, 4.69) is 23.7 Å². The van der Waals surface area contributed by atoms with Crippen LogP contribution in [-0.2, 0) is 0 Å². The van der Waals surface area contributed by atoms with E-state index in [4.69, 9.17) is 4.74 Å². The van der Waals surface area contributed by atoms with Gasteiger partial charge in [0.25, 0.3) is 5.56 Å². The van der Waals surface area contributed by atoms with E-state index >= 15 is 0 Å². The van der Waals surface area contributed by atoms with Gasteiger partial charge in [0, 0.05) is 28.4 Å². The van der Waals surface area contributed by atoms with Gasteiger partial charge in [0.05, 0.1) is 0 Å². The van der Waals surface area contributed by atoms with Gasteiger partial charge in [-0.05, 0) is 54.4 Å². The molecular weight excluding hydrogens is 384 g/mol. The maximum Gasteiger partial charge on any atom is 0.266 e. The molecule has 0 aliphatic rings. The summed E-state index contributed by atoms with van der Waals surface area (Å²) in [5.41, 5.74) is 2.21. The van der Waals surface area contributed by atoms with Crippen molar-refractivity contribution in [2.75, 3.05) is 26.2 Å². The number of benzene rings is 2. The SMILES string of the molecule is CCN(CC)CCOc1ccc(-c2c(O)ccc3[nH]c(=O)c4sccc4c23)cc1. The van der Waals surface area contributed by atoms with Crippen LogP contribution < -0.4 is 10.3 Å². The number of phenolic OH excluding ortho intramolecular Hbond substituents is 1. The van der Waals surface area contributed by atoms with Crippen molar-refractivity contribution in [3.8, 4) is 22.6 Å². The number of aromatic amines is 1. The summed E-state index contributed by atoms with van der Waals surface area (Å²) in [6.07, 6.45) is 0. The van der Waals surface area contributed by atoms with E-state index in [1.807, 2.05) is 35.7 Å². The molecule has 0 unspecified atom stereocenters. The number of likely N-dealkylation sites (N-methyl/N-ethyl adjacent to an activating group) is 1. The van der Waals surface area contributed by atoms with Crippen molar-refractivity contribution in [3.63, 3.8) is 0 Å². The molecule has 0 aliphatic carbocycles. The number of H-pyrrole nitrogens is 1. The number of fused-ring (bicyclic) bond motifs is 3. The lowest BCUT2D eigenvalue weighted by Gasteiger charge is -2.18. The molecule has 0 aliphatic heterocycles. The maximum atomic E-state index is 12.3. The average Bonchev–Trinajstić information content (AvgIpc) is 3.23. The van der Waals surface area contributed by atoms with E-state index in [9.17, 15) is 9.90 Å². The van der Waals surface area contributed by atoms with E-state index in [-0.39, 0.29) is 11.3 Å². The second kappa shape index (κ2) is 8.27. The third kappa shape index (κ3) is 3.73. The number of aromatic hydroxyl groups is 1. The van der Waals surface area contributed by atoms with E-state index in [1.165, 1.54) is 11.3 Å². The molecular formula is C23H24N2O3S. The first kappa shape index (κ1) is 19.5. The second-order valence-corrected chi connectivity index (χ2v) is 7.82. The summed E-state index contributed by atoms with van der Waals surface area (Å²) in [4.78, 5) is 17.5. The largest absolute Gasteiger partial charge is 0.507 e. The van der Waals surface area contributed by atoms with Gasteiger partial charge in [0.1, 0.15) is 22.8 Å². The summed E-state index contributed by atoms with van der Waals surface area (Å²) < 4.78 is 6.54. The molecule has 0 saturated heterocycles. The standard InChI is InChI=1S/C23H24N2O3S/c1-3-25(4-2)12-13-28-16-7-5-15(6-8-16)20-19(26)10-9-18-21(20)17-11-14-29-22(17)23(27)24-18/h5-11,14,26H,3-4,12-13H2,1-2H3,(H,24,27). The quantitative estimate of drug-likeness (QED) is 0.459. The highest BCUT2D eigenvalue weighted by molar-refractivity contribution is 7.17.